The summed E-state index contributed by atoms with van der Waals surface area (Å²) in [7, 11) is -3.92. The normalized spacial score (nSPS) is 23.3. The second-order valence-electron chi connectivity index (χ2n) is 13.3. The molecule has 46 heavy (non-hydrogen) atoms. The zero-order valence-electron chi connectivity index (χ0n) is 25.6. The van der Waals surface area contributed by atoms with E-state index in [0.717, 1.165) is 49.8 Å². The smallest absolute Gasteiger partial charge is 0.289 e. The molecular formula is C34H39Cl2N3O6S. The summed E-state index contributed by atoms with van der Waals surface area (Å²) in [6, 6.07) is 10.6. The Morgan fingerprint density at radius 3 is 2.24 bits per heavy atom. The van der Waals surface area contributed by atoms with Crippen LogP contribution in [0, 0.1) is 5.92 Å². The van der Waals surface area contributed by atoms with Gasteiger partial charge in [-0.25, -0.2) is 8.42 Å². The van der Waals surface area contributed by atoms with E-state index in [0.29, 0.717) is 23.4 Å². The number of ketones is 1. The number of carbonyl (C=O) groups is 4. The Labute approximate surface area is 279 Å². The minimum Gasteiger partial charge on any atom is -0.347 e. The Bertz CT molecular complexity index is 1620. The first kappa shape index (κ1) is 33.1. The molecule has 1 saturated heterocycles. The van der Waals surface area contributed by atoms with Gasteiger partial charge in [-0.05, 0) is 74.3 Å². The lowest BCUT2D eigenvalue weighted by Crippen LogP contribution is -2.59. The quantitative estimate of drug-likeness (QED) is 0.257. The molecule has 2 N–H and O–H groups in total. The molecule has 12 heteroatoms. The summed E-state index contributed by atoms with van der Waals surface area (Å²) < 4.78 is 27.2. The van der Waals surface area contributed by atoms with E-state index >= 15 is 0 Å². The van der Waals surface area contributed by atoms with Crippen LogP contribution in [0.3, 0.4) is 0 Å². The molecule has 2 aromatic carbocycles. The molecular weight excluding hydrogens is 649 g/mol. The van der Waals surface area contributed by atoms with Crippen LogP contribution in [0.4, 0.5) is 0 Å². The van der Waals surface area contributed by atoms with Crippen LogP contribution in [0.25, 0.3) is 0 Å². The lowest BCUT2D eigenvalue weighted by Gasteiger charge is -2.36. The van der Waals surface area contributed by atoms with Crippen molar-refractivity contribution < 1.29 is 27.6 Å². The molecule has 1 aliphatic heterocycles. The van der Waals surface area contributed by atoms with Gasteiger partial charge in [-0.3, -0.25) is 24.1 Å². The number of hydrogen-bond donors (Lipinski definition) is 2. The minimum atomic E-state index is -3.92. The van der Waals surface area contributed by atoms with E-state index in [2.05, 4.69) is 10.6 Å². The summed E-state index contributed by atoms with van der Waals surface area (Å²) in [5.41, 5.74) is -0.357. The minimum absolute atomic E-state index is 0.0220. The third-order valence-electron chi connectivity index (χ3n) is 10.0. The highest BCUT2D eigenvalue weighted by atomic mass is 35.5. The Balaban J connectivity index is 1.35. The van der Waals surface area contributed by atoms with E-state index in [1.165, 1.54) is 12.1 Å². The second kappa shape index (κ2) is 13.4. The summed E-state index contributed by atoms with van der Waals surface area (Å²) in [5, 5.41) is 5.40. The Morgan fingerprint density at radius 1 is 0.935 bits per heavy atom. The average Bonchev–Trinajstić information content (AvgIpc) is 3.98. The van der Waals surface area contributed by atoms with Gasteiger partial charge in [-0.2, -0.15) is 0 Å². The molecule has 1 heterocycles. The largest absolute Gasteiger partial charge is 0.347 e. The van der Waals surface area contributed by atoms with Crippen LogP contribution in [0.15, 0.2) is 53.4 Å². The van der Waals surface area contributed by atoms with Crippen molar-refractivity contribution in [3.63, 3.8) is 0 Å². The molecule has 9 nitrogen and oxygen atoms in total. The number of rotatable bonds is 11. The zero-order chi connectivity index (χ0) is 32.6. The van der Waals surface area contributed by atoms with E-state index in [9.17, 15) is 27.6 Å². The van der Waals surface area contributed by atoms with Gasteiger partial charge >= 0.3 is 0 Å². The third kappa shape index (κ3) is 6.77. The number of carbonyl (C=O) groups excluding carboxylic acids is 4. The lowest BCUT2D eigenvalue weighted by atomic mass is 9.82. The molecule has 0 aromatic heterocycles. The fraction of sp³-hybridized carbons (Fsp3) is 0.529. The Morgan fingerprint density at radius 2 is 1.61 bits per heavy atom. The first-order valence-electron chi connectivity index (χ1n) is 16.2. The van der Waals surface area contributed by atoms with Crippen LogP contribution < -0.4 is 10.6 Å². The van der Waals surface area contributed by atoms with E-state index in [4.69, 9.17) is 23.2 Å². The number of imide groups is 1. The molecule has 246 valence electrons. The molecule has 0 unspecified atom stereocenters. The van der Waals surface area contributed by atoms with Crippen molar-refractivity contribution in [3.05, 3.63) is 64.1 Å². The number of nitrogens with zero attached hydrogens (tertiary/aromatic N) is 1. The fourth-order valence-corrected chi connectivity index (χ4v) is 9.31. The number of nitrogens with one attached hydrogen (secondary N) is 2. The SMILES string of the molecule is O=C(NC1CC1)C(=O)[C@H](CC1CCCCC1)N(C(=O)[C@@H]1C[C@@H](S(=O)(=O)c2ccccc2Cl)CN1)C(=O)C1(c2ccc(Cl)cc2)CC1. The third-order valence-corrected chi connectivity index (χ3v) is 12.9. The first-order valence-corrected chi connectivity index (χ1v) is 18.5. The van der Waals surface area contributed by atoms with Crippen molar-refractivity contribution in [2.24, 2.45) is 5.92 Å². The number of halogens is 2. The maximum Gasteiger partial charge on any atom is 0.289 e. The number of benzene rings is 2. The highest BCUT2D eigenvalue weighted by molar-refractivity contribution is 7.92. The predicted octanol–water partition coefficient (Wildman–Crippen LogP) is 4.77. The van der Waals surface area contributed by atoms with Gasteiger partial charge in [0.25, 0.3) is 5.91 Å². The van der Waals surface area contributed by atoms with Crippen LogP contribution in [0.2, 0.25) is 10.0 Å². The van der Waals surface area contributed by atoms with Gasteiger partial charge in [0.1, 0.15) is 6.04 Å². The fourth-order valence-electron chi connectivity index (χ4n) is 7.00. The van der Waals surface area contributed by atoms with Crippen LogP contribution in [0.5, 0.6) is 0 Å². The summed E-state index contributed by atoms with van der Waals surface area (Å²) >= 11 is 12.4. The highest BCUT2D eigenvalue weighted by Gasteiger charge is 2.57. The molecule has 4 fully saturated rings. The number of sulfone groups is 1. The monoisotopic (exact) mass is 687 g/mol. The molecule has 3 amide bonds. The van der Waals surface area contributed by atoms with Gasteiger partial charge in [0, 0.05) is 17.6 Å². The second-order valence-corrected chi connectivity index (χ2v) is 16.3. The van der Waals surface area contributed by atoms with Gasteiger partial charge in [-0.15, -0.1) is 0 Å². The molecule has 3 aliphatic carbocycles. The van der Waals surface area contributed by atoms with Gasteiger partial charge in [0.2, 0.25) is 17.6 Å². The van der Waals surface area contributed by atoms with E-state index in [-0.39, 0.29) is 41.3 Å². The topological polar surface area (TPSA) is 130 Å². The van der Waals surface area contributed by atoms with E-state index < -0.39 is 56.1 Å². The first-order chi connectivity index (χ1) is 22.0. The molecule has 0 spiro atoms. The Hall–Kier alpha value is -2.79. The number of Topliss-reactive ketones (excluding diaryl/α,β-unsaturated/α-hetero) is 1. The molecule has 2 aromatic rings. The molecule has 0 bridgehead atoms. The molecule has 0 radical (unpaired) electrons. The molecule has 6 rings (SSSR count). The summed E-state index contributed by atoms with van der Waals surface area (Å²) in [6.45, 7) is -0.0300. The summed E-state index contributed by atoms with van der Waals surface area (Å²) in [4.78, 5) is 57.6. The zero-order valence-corrected chi connectivity index (χ0v) is 27.9. The van der Waals surface area contributed by atoms with Crippen molar-refractivity contribution in [1.82, 2.24) is 15.5 Å². The predicted molar refractivity (Wildman–Crippen MR) is 174 cm³/mol. The van der Waals surface area contributed by atoms with E-state index in [1.54, 1.807) is 36.4 Å². The molecule has 3 atom stereocenters. The van der Waals surface area contributed by atoms with Crippen LogP contribution in [-0.2, 0) is 34.4 Å². The van der Waals surface area contributed by atoms with Crippen molar-refractivity contribution >= 4 is 56.5 Å². The van der Waals surface area contributed by atoms with Crippen LogP contribution in [0.1, 0.15) is 76.2 Å². The Kier molecular flexibility index (Phi) is 9.63. The van der Waals surface area contributed by atoms with Crippen molar-refractivity contribution in [2.45, 2.75) is 104 Å². The average molecular weight is 689 g/mol. The highest BCUT2D eigenvalue weighted by Crippen LogP contribution is 2.50. The van der Waals surface area contributed by atoms with Gasteiger partial charge in [0.05, 0.1) is 26.6 Å². The molecule has 3 saturated carbocycles. The van der Waals surface area contributed by atoms with Crippen molar-refractivity contribution in [1.29, 1.82) is 0 Å². The van der Waals surface area contributed by atoms with Crippen molar-refractivity contribution in [3.8, 4) is 0 Å². The number of amides is 3. The molecule has 4 aliphatic rings. The number of hydrogen-bond acceptors (Lipinski definition) is 7. The summed E-state index contributed by atoms with van der Waals surface area (Å²) in [5.74, 6) is -2.74. The van der Waals surface area contributed by atoms with Crippen LogP contribution in [-0.4, -0.2) is 66.7 Å². The van der Waals surface area contributed by atoms with E-state index in [1.807, 2.05) is 0 Å². The van der Waals surface area contributed by atoms with Gasteiger partial charge in [0.15, 0.2) is 9.84 Å². The van der Waals surface area contributed by atoms with Gasteiger partial charge in [-0.1, -0.05) is 79.6 Å². The van der Waals surface area contributed by atoms with Crippen molar-refractivity contribution in [2.75, 3.05) is 6.54 Å². The summed E-state index contributed by atoms with van der Waals surface area (Å²) in [6.07, 6.45) is 7.29. The van der Waals surface area contributed by atoms with Gasteiger partial charge < -0.3 is 10.6 Å². The maximum atomic E-state index is 14.7. The van der Waals surface area contributed by atoms with Crippen LogP contribution >= 0.6 is 23.2 Å². The maximum absolute atomic E-state index is 14.7. The standard InChI is InChI=1S/C34H39Cl2N3O6S/c35-23-12-10-22(11-13-23)34(16-17-34)33(43)39(28(18-21-6-2-1-3-7-21)30(40)31(41)38-24-14-15-24)32(42)27-19-25(20-37-27)46(44,45)29-9-5-4-8-26(29)36/h4-5,8-13,21,24-25,27-28,37H,1-3,6-7,14-20H2,(H,38,41)/t25-,27+,28+/m1/s1. The lowest BCUT2D eigenvalue weighted by molar-refractivity contribution is -0.156.